The maximum atomic E-state index is 12.6. The molecular formula is C16H11BrN2O3. The lowest BCUT2D eigenvalue weighted by atomic mass is 10.2. The Bertz CT molecular complexity index is 936. The van der Waals surface area contributed by atoms with Gasteiger partial charge in [-0.05, 0) is 35.9 Å². The SMILES string of the molecule is O=c1c2cc(Br)ccc2ncn1Cc1ccc2c(c1)OCO2. The smallest absolute Gasteiger partial charge is 0.261 e. The van der Waals surface area contributed by atoms with Crippen molar-refractivity contribution in [3.8, 4) is 11.5 Å². The first-order valence-corrected chi connectivity index (χ1v) is 7.53. The average molecular weight is 359 g/mol. The molecule has 1 aliphatic heterocycles. The highest BCUT2D eigenvalue weighted by Gasteiger charge is 2.13. The van der Waals surface area contributed by atoms with Gasteiger partial charge in [-0.2, -0.15) is 0 Å². The van der Waals surface area contributed by atoms with E-state index in [0.717, 1.165) is 15.8 Å². The first-order chi connectivity index (χ1) is 10.7. The third-order valence-electron chi connectivity index (χ3n) is 3.58. The molecule has 1 aromatic heterocycles. The number of benzene rings is 2. The first kappa shape index (κ1) is 13.3. The summed E-state index contributed by atoms with van der Waals surface area (Å²) in [7, 11) is 0. The zero-order valence-electron chi connectivity index (χ0n) is 11.5. The van der Waals surface area contributed by atoms with E-state index < -0.39 is 0 Å². The Kier molecular flexibility index (Phi) is 3.11. The van der Waals surface area contributed by atoms with E-state index in [9.17, 15) is 4.79 Å². The van der Waals surface area contributed by atoms with Crippen LogP contribution in [-0.4, -0.2) is 16.3 Å². The minimum absolute atomic E-state index is 0.0658. The highest BCUT2D eigenvalue weighted by atomic mass is 79.9. The number of rotatable bonds is 2. The van der Waals surface area contributed by atoms with E-state index in [4.69, 9.17) is 9.47 Å². The van der Waals surface area contributed by atoms with Gasteiger partial charge >= 0.3 is 0 Å². The number of nitrogens with zero attached hydrogens (tertiary/aromatic N) is 2. The van der Waals surface area contributed by atoms with Crippen LogP contribution in [0.2, 0.25) is 0 Å². The monoisotopic (exact) mass is 358 g/mol. The zero-order chi connectivity index (χ0) is 15.1. The van der Waals surface area contributed by atoms with Gasteiger partial charge in [0.2, 0.25) is 6.79 Å². The molecule has 0 N–H and O–H groups in total. The second-order valence-corrected chi connectivity index (χ2v) is 5.94. The summed E-state index contributed by atoms with van der Waals surface area (Å²) in [6, 6.07) is 11.2. The Hall–Kier alpha value is -2.34. The summed E-state index contributed by atoms with van der Waals surface area (Å²) in [5.41, 5.74) is 1.58. The van der Waals surface area contributed by atoms with Crippen molar-refractivity contribution in [3.05, 3.63) is 63.1 Å². The van der Waals surface area contributed by atoms with Gasteiger partial charge in [-0.25, -0.2) is 4.98 Å². The molecule has 0 saturated carbocycles. The van der Waals surface area contributed by atoms with Crippen molar-refractivity contribution in [3.63, 3.8) is 0 Å². The lowest BCUT2D eigenvalue weighted by Crippen LogP contribution is -2.21. The largest absolute Gasteiger partial charge is 0.454 e. The van der Waals surface area contributed by atoms with Crippen LogP contribution in [0.1, 0.15) is 5.56 Å². The molecule has 4 rings (SSSR count). The Labute approximate surface area is 134 Å². The van der Waals surface area contributed by atoms with Crippen LogP contribution in [0.4, 0.5) is 0 Å². The molecule has 0 amide bonds. The summed E-state index contributed by atoms with van der Waals surface area (Å²) in [4.78, 5) is 16.9. The Morgan fingerprint density at radius 3 is 2.91 bits per heavy atom. The van der Waals surface area contributed by atoms with Gasteiger partial charge < -0.3 is 9.47 Å². The van der Waals surface area contributed by atoms with Crippen molar-refractivity contribution >= 4 is 26.8 Å². The fraction of sp³-hybridized carbons (Fsp3) is 0.125. The highest BCUT2D eigenvalue weighted by Crippen LogP contribution is 2.32. The van der Waals surface area contributed by atoms with Crippen molar-refractivity contribution in [1.29, 1.82) is 0 Å². The molecule has 110 valence electrons. The molecule has 2 aromatic carbocycles. The van der Waals surface area contributed by atoms with E-state index in [0.29, 0.717) is 23.2 Å². The normalized spacial score (nSPS) is 12.8. The number of halogens is 1. The zero-order valence-corrected chi connectivity index (χ0v) is 13.0. The Morgan fingerprint density at radius 2 is 2.00 bits per heavy atom. The maximum absolute atomic E-state index is 12.6. The van der Waals surface area contributed by atoms with Crippen molar-refractivity contribution in [1.82, 2.24) is 9.55 Å². The fourth-order valence-corrected chi connectivity index (χ4v) is 2.84. The van der Waals surface area contributed by atoms with Gasteiger partial charge in [-0.1, -0.05) is 22.0 Å². The molecule has 0 radical (unpaired) electrons. The van der Waals surface area contributed by atoms with Gasteiger partial charge in [-0.15, -0.1) is 0 Å². The average Bonchev–Trinajstić information content (AvgIpc) is 2.98. The Balaban J connectivity index is 1.75. The molecule has 0 atom stereocenters. The third-order valence-corrected chi connectivity index (χ3v) is 4.07. The maximum Gasteiger partial charge on any atom is 0.261 e. The van der Waals surface area contributed by atoms with Crippen molar-refractivity contribution in [2.45, 2.75) is 6.54 Å². The van der Waals surface area contributed by atoms with Crippen molar-refractivity contribution < 1.29 is 9.47 Å². The van der Waals surface area contributed by atoms with Crippen molar-refractivity contribution in [2.75, 3.05) is 6.79 Å². The minimum atomic E-state index is -0.0658. The quantitative estimate of drug-likeness (QED) is 0.706. The molecule has 0 bridgehead atoms. The molecule has 0 saturated heterocycles. The van der Waals surface area contributed by atoms with Gasteiger partial charge in [0.15, 0.2) is 11.5 Å². The van der Waals surface area contributed by atoms with Crippen LogP contribution < -0.4 is 15.0 Å². The van der Waals surface area contributed by atoms with E-state index in [2.05, 4.69) is 20.9 Å². The van der Waals surface area contributed by atoms with E-state index in [1.54, 1.807) is 17.0 Å². The predicted octanol–water partition coefficient (Wildman–Crippen LogP) is 2.94. The summed E-state index contributed by atoms with van der Waals surface area (Å²) in [6.07, 6.45) is 1.57. The topological polar surface area (TPSA) is 53.4 Å². The molecule has 0 spiro atoms. The lowest BCUT2D eigenvalue weighted by Gasteiger charge is -2.08. The summed E-state index contributed by atoms with van der Waals surface area (Å²) in [6.45, 7) is 0.676. The lowest BCUT2D eigenvalue weighted by molar-refractivity contribution is 0.174. The van der Waals surface area contributed by atoms with Crippen LogP contribution in [0.5, 0.6) is 11.5 Å². The minimum Gasteiger partial charge on any atom is -0.454 e. The molecule has 22 heavy (non-hydrogen) atoms. The van der Waals surface area contributed by atoms with Gasteiger partial charge in [0.25, 0.3) is 5.56 Å². The van der Waals surface area contributed by atoms with E-state index in [1.165, 1.54) is 0 Å². The highest BCUT2D eigenvalue weighted by molar-refractivity contribution is 9.10. The third kappa shape index (κ3) is 2.25. The van der Waals surface area contributed by atoms with Crippen LogP contribution in [0, 0.1) is 0 Å². The summed E-state index contributed by atoms with van der Waals surface area (Å²) in [5, 5.41) is 0.595. The number of hydrogen-bond donors (Lipinski definition) is 0. The molecular weight excluding hydrogens is 348 g/mol. The summed E-state index contributed by atoms with van der Waals surface area (Å²) < 4.78 is 13.1. The summed E-state index contributed by atoms with van der Waals surface area (Å²) >= 11 is 3.39. The molecule has 0 aliphatic carbocycles. The molecule has 6 heteroatoms. The second-order valence-electron chi connectivity index (χ2n) is 5.03. The molecule has 0 fully saturated rings. The van der Waals surface area contributed by atoms with Crippen molar-refractivity contribution in [2.24, 2.45) is 0 Å². The van der Waals surface area contributed by atoms with E-state index in [-0.39, 0.29) is 12.4 Å². The Morgan fingerprint density at radius 1 is 1.14 bits per heavy atom. The molecule has 1 aliphatic rings. The van der Waals surface area contributed by atoms with Gasteiger partial charge in [-0.3, -0.25) is 9.36 Å². The predicted molar refractivity (Wildman–Crippen MR) is 85.4 cm³/mol. The van der Waals surface area contributed by atoms with Crippen LogP contribution in [0.25, 0.3) is 10.9 Å². The summed E-state index contributed by atoms with van der Waals surface area (Å²) in [5.74, 6) is 1.44. The molecule has 3 aromatic rings. The molecule has 2 heterocycles. The van der Waals surface area contributed by atoms with Gasteiger partial charge in [0.1, 0.15) is 0 Å². The van der Waals surface area contributed by atoms with Crippen LogP contribution in [0.15, 0.2) is 52.0 Å². The number of ether oxygens (including phenoxy) is 2. The number of fused-ring (bicyclic) bond motifs is 2. The van der Waals surface area contributed by atoms with E-state index >= 15 is 0 Å². The number of aromatic nitrogens is 2. The molecule has 0 unspecified atom stereocenters. The molecule has 5 nitrogen and oxygen atoms in total. The van der Waals surface area contributed by atoms with E-state index in [1.807, 2.05) is 30.3 Å². The number of hydrogen-bond acceptors (Lipinski definition) is 4. The van der Waals surface area contributed by atoms with Crippen LogP contribution in [-0.2, 0) is 6.54 Å². The van der Waals surface area contributed by atoms with Gasteiger partial charge in [0.05, 0.1) is 23.8 Å². The second kappa shape index (κ2) is 5.14. The van der Waals surface area contributed by atoms with Crippen LogP contribution in [0.3, 0.4) is 0 Å². The standard InChI is InChI=1S/C16H11BrN2O3/c17-11-2-3-13-12(6-11)16(20)19(8-18-13)7-10-1-4-14-15(5-10)22-9-21-14/h1-6,8H,7,9H2. The van der Waals surface area contributed by atoms with Crippen LogP contribution >= 0.6 is 15.9 Å². The van der Waals surface area contributed by atoms with Gasteiger partial charge in [0, 0.05) is 4.47 Å². The first-order valence-electron chi connectivity index (χ1n) is 6.74. The fourth-order valence-electron chi connectivity index (χ4n) is 2.48.